The Morgan fingerprint density at radius 2 is 2.05 bits per heavy atom. The lowest BCUT2D eigenvalue weighted by atomic mass is 10.1. The van der Waals surface area contributed by atoms with Gasteiger partial charge >= 0.3 is 0 Å². The van der Waals surface area contributed by atoms with E-state index in [0.29, 0.717) is 5.02 Å². The zero-order valence-corrected chi connectivity index (χ0v) is 12.8. The van der Waals surface area contributed by atoms with Gasteiger partial charge in [-0.15, -0.1) is 0 Å². The number of halogens is 1. The first-order chi connectivity index (χ1) is 9.99. The number of amides is 1. The van der Waals surface area contributed by atoms with Gasteiger partial charge in [0.2, 0.25) is 5.91 Å². The molecular weight excluding hydrogens is 290 g/mol. The SMILES string of the molecule is Cc1cc(C)n(CC(=O)NC(CO)c2ccc(Cl)cc2)n1. The van der Waals surface area contributed by atoms with Crippen molar-refractivity contribution in [3.05, 3.63) is 52.3 Å². The van der Waals surface area contributed by atoms with Crippen LogP contribution in [0.5, 0.6) is 0 Å². The molecule has 2 rings (SSSR count). The van der Waals surface area contributed by atoms with Gasteiger partial charge in [0.25, 0.3) is 0 Å². The molecule has 5 nitrogen and oxygen atoms in total. The molecule has 21 heavy (non-hydrogen) atoms. The van der Waals surface area contributed by atoms with Crippen molar-refractivity contribution in [2.45, 2.75) is 26.4 Å². The molecule has 0 aliphatic heterocycles. The van der Waals surface area contributed by atoms with Crippen molar-refractivity contribution in [2.75, 3.05) is 6.61 Å². The Labute approximate surface area is 128 Å². The van der Waals surface area contributed by atoms with Crippen molar-refractivity contribution >= 4 is 17.5 Å². The number of benzene rings is 1. The lowest BCUT2D eigenvalue weighted by molar-refractivity contribution is -0.123. The molecule has 0 fully saturated rings. The first-order valence-electron chi connectivity index (χ1n) is 6.66. The summed E-state index contributed by atoms with van der Waals surface area (Å²) < 4.78 is 1.64. The molecule has 0 spiro atoms. The quantitative estimate of drug-likeness (QED) is 0.888. The van der Waals surface area contributed by atoms with Crippen LogP contribution in [0.2, 0.25) is 5.02 Å². The third-order valence-electron chi connectivity index (χ3n) is 3.19. The molecule has 1 heterocycles. The van der Waals surface area contributed by atoms with E-state index in [-0.39, 0.29) is 19.1 Å². The predicted molar refractivity (Wildman–Crippen MR) is 81.1 cm³/mol. The summed E-state index contributed by atoms with van der Waals surface area (Å²) in [5, 5.41) is 17.1. The highest BCUT2D eigenvalue weighted by Crippen LogP contribution is 2.16. The van der Waals surface area contributed by atoms with E-state index in [9.17, 15) is 9.90 Å². The fourth-order valence-corrected chi connectivity index (χ4v) is 2.27. The van der Waals surface area contributed by atoms with E-state index in [0.717, 1.165) is 17.0 Å². The molecule has 1 aromatic carbocycles. The molecule has 0 aliphatic carbocycles. The lowest BCUT2D eigenvalue weighted by Gasteiger charge is -2.17. The number of hydrogen-bond donors (Lipinski definition) is 2. The minimum Gasteiger partial charge on any atom is -0.394 e. The summed E-state index contributed by atoms with van der Waals surface area (Å²) in [5.41, 5.74) is 2.61. The summed E-state index contributed by atoms with van der Waals surface area (Å²) in [6.07, 6.45) is 0. The first-order valence-corrected chi connectivity index (χ1v) is 7.04. The Morgan fingerprint density at radius 1 is 1.38 bits per heavy atom. The molecular formula is C15H18ClN3O2. The zero-order valence-electron chi connectivity index (χ0n) is 12.0. The van der Waals surface area contributed by atoms with Crippen molar-refractivity contribution in [1.29, 1.82) is 0 Å². The normalized spacial score (nSPS) is 12.2. The van der Waals surface area contributed by atoms with Crippen LogP contribution in [0.3, 0.4) is 0 Å². The summed E-state index contributed by atoms with van der Waals surface area (Å²) in [7, 11) is 0. The van der Waals surface area contributed by atoms with Gasteiger partial charge in [0, 0.05) is 10.7 Å². The van der Waals surface area contributed by atoms with Crippen LogP contribution in [0.15, 0.2) is 30.3 Å². The maximum absolute atomic E-state index is 12.1. The van der Waals surface area contributed by atoms with Crippen LogP contribution in [0.4, 0.5) is 0 Å². The smallest absolute Gasteiger partial charge is 0.242 e. The predicted octanol–water partition coefficient (Wildman–Crippen LogP) is 2.00. The lowest BCUT2D eigenvalue weighted by Crippen LogP contribution is -2.33. The largest absolute Gasteiger partial charge is 0.394 e. The van der Waals surface area contributed by atoms with Crippen LogP contribution in [0.25, 0.3) is 0 Å². The molecule has 0 radical (unpaired) electrons. The third kappa shape index (κ3) is 4.06. The van der Waals surface area contributed by atoms with Crippen LogP contribution < -0.4 is 5.32 Å². The fraction of sp³-hybridized carbons (Fsp3) is 0.333. The zero-order chi connectivity index (χ0) is 15.4. The Kier molecular flexibility index (Phi) is 4.98. The number of nitrogens with zero attached hydrogens (tertiary/aromatic N) is 2. The monoisotopic (exact) mass is 307 g/mol. The first kappa shape index (κ1) is 15.5. The molecule has 0 bridgehead atoms. The van der Waals surface area contributed by atoms with Crippen LogP contribution >= 0.6 is 11.6 Å². The van der Waals surface area contributed by atoms with Crippen molar-refractivity contribution < 1.29 is 9.90 Å². The van der Waals surface area contributed by atoms with Crippen molar-refractivity contribution in [2.24, 2.45) is 0 Å². The Bertz CT molecular complexity index is 622. The topological polar surface area (TPSA) is 67.2 Å². The Morgan fingerprint density at radius 3 is 2.57 bits per heavy atom. The van der Waals surface area contributed by atoms with E-state index in [4.69, 9.17) is 11.6 Å². The highest BCUT2D eigenvalue weighted by atomic mass is 35.5. The van der Waals surface area contributed by atoms with E-state index >= 15 is 0 Å². The summed E-state index contributed by atoms with van der Waals surface area (Å²) in [4.78, 5) is 12.1. The van der Waals surface area contributed by atoms with Crippen LogP contribution in [-0.2, 0) is 11.3 Å². The van der Waals surface area contributed by atoms with E-state index in [1.807, 2.05) is 19.9 Å². The van der Waals surface area contributed by atoms with Gasteiger partial charge in [-0.1, -0.05) is 23.7 Å². The van der Waals surface area contributed by atoms with Crippen molar-refractivity contribution in [3.63, 3.8) is 0 Å². The number of carbonyl (C=O) groups is 1. The van der Waals surface area contributed by atoms with Gasteiger partial charge in [0.1, 0.15) is 6.54 Å². The number of aromatic nitrogens is 2. The molecule has 112 valence electrons. The molecule has 1 unspecified atom stereocenters. The van der Waals surface area contributed by atoms with E-state index < -0.39 is 6.04 Å². The number of rotatable bonds is 5. The Balaban J connectivity index is 2.03. The van der Waals surface area contributed by atoms with Gasteiger partial charge < -0.3 is 10.4 Å². The number of aryl methyl sites for hydroxylation is 2. The fourth-order valence-electron chi connectivity index (χ4n) is 2.14. The molecule has 1 aromatic heterocycles. The molecule has 1 atom stereocenters. The van der Waals surface area contributed by atoms with Gasteiger partial charge in [0.15, 0.2) is 0 Å². The molecule has 1 amide bonds. The molecule has 0 aliphatic rings. The highest BCUT2D eigenvalue weighted by molar-refractivity contribution is 6.30. The average Bonchev–Trinajstić information content (AvgIpc) is 2.75. The second kappa shape index (κ2) is 6.74. The van der Waals surface area contributed by atoms with Gasteiger partial charge in [-0.2, -0.15) is 5.10 Å². The van der Waals surface area contributed by atoms with Crippen LogP contribution in [0, 0.1) is 13.8 Å². The molecule has 2 aromatic rings. The number of carbonyl (C=O) groups excluding carboxylic acids is 1. The molecule has 6 heteroatoms. The second-order valence-corrected chi connectivity index (χ2v) is 5.38. The van der Waals surface area contributed by atoms with Crippen LogP contribution in [-0.4, -0.2) is 27.4 Å². The maximum Gasteiger partial charge on any atom is 0.242 e. The summed E-state index contributed by atoms with van der Waals surface area (Å²) >= 11 is 5.83. The molecule has 0 saturated carbocycles. The Hall–Kier alpha value is -1.85. The molecule has 0 saturated heterocycles. The minimum absolute atomic E-state index is 0.129. The number of aliphatic hydroxyl groups is 1. The molecule has 2 N–H and O–H groups in total. The second-order valence-electron chi connectivity index (χ2n) is 4.94. The minimum atomic E-state index is -0.452. The van der Waals surface area contributed by atoms with Crippen LogP contribution in [0.1, 0.15) is 23.0 Å². The number of aliphatic hydroxyl groups excluding tert-OH is 1. The third-order valence-corrected chi connectivity index (χ3v) is 3.44. The van der Waals surface area contributed by atoms with Crippen molar-refractivity contribution in [1.82, 2.24) is 15.1 Å². The maximum atomic E-state index is 12.1. The van der Waals surface area contributed by atoms with Gasteiger partial charge in [-0.05, 0) is 37.6 Å². The van der Waals surface area contributed by atoms with Gasteiger partial charge in [0.05, 0.1) is 18.3 Å². The van der Waals surface area contributed by atoms with Crippen molar-refractivity contribution in [3.8, 4) is 0 Å². The van der Waals surface area contributed by atoms with Gasteiger partial charge in [-0.25, -0.2) is 0 Å². The van der Waals surface area contributed by atoms with E-state index in [2.05, 4.69) is 10.4 Å². The average molecular weight is 308 g/mol. The number of nitrogens with one attached hydrogen (secondary N) is 1. The summed E-state index contributed by atoms with van der Waals surface area (Å²) in [5.74, 6) is -0.199. The standard InChI is InChI=1S/C15H18ClN3O2/c1-10-7-11(2)19(18-10)8-15(21)17-14(9-20)12-3-5-13(16)6-4-12/h3-7,14,20H,8-9H2,1-2H3,(H,17,21). The summed E-state index contributed by atoms with van der Waals surface area (Å²) in [6, 6.07) is 8.49. The van der Waals surface area contributed by atoms with E-state index in [1.54, 1.807) is 28.9 Å². The summed E-state index contributed by atoms with van der Waals surface area (Å²) in [6.45, 7) is 3.73. The number of hydrogen-bond acceptors (Lipinski definition) is 3. The van der Waals surface area contributed by atoms with E-state index in [1.165, 1.54) is 0 Å². The van der Waals surface area contributed by atoms with Gasteiger partial charge in [-0.3, -0.25) is 9.48 Å². The highest BCUT2D eigenvalue weighted by Gasteiger charge is 2.15.